The van der Waals surface area contributed by atoms with Crippen LogP contribution in [-0.4, -0.2) is 23.6 Å². The topological polar surface area (TPSA) is 58.6 Å². The molecule has 0 spiro atoms. The summed E-state index contributed by atoms with van der Waals surface area (Å²) in [6.45, 7) is 4.39. The van der Waals surface area contributed by atoms with Gasteiger partial charge in [0.25, 0.3) is 0 Å². The maximum Gasteiger partial charge on any atom is 0.123 e. The number of hydrogen-bond donors (Lipinski definition) is 2. The van der Waals surface area contributed by atoms with Crippen LogP contribution in [-0.2, 0) is 0 Å². The molecule has 9 heavy (non-hydrogen) atoms. The fraction of sp³-hybridized carbons (Fsp3) is 0.833. The Morgan fingerprint density at radius 1 is 1.67 bits per heavy atom. The molecule has 3 N–H and O–H groups in total. The molecule has 3 nitrogen and oxygen atoms in total. The average Bonchev–Trinajstić information content (AvgIpc) is 1.87. The summed E-state index contributed by atoms with van der Waals surface area (Å²) < 4.78 is 0. The molecule has 1 atom stereocenters. The maximum atomic E-state index is 9.00. The first-order valence-corrected chi connectivity index (χ1v) is 3.20. The Kier molecular flexibility index (Phi) is 4.05. The quantitative estimate of drug-likeness (QED) is 0.421. The molecule has 3 heteroatoms. The highest BCUT2D eigenvalue weighted by Crippen LogP contribution is 1.88. The second-order valence-electron chi connectivity index (χ2n) is 1.82. The van der Waals surface area contributed by atoms with E-state index in [9.17, 15) is 0 Å². The standard InChI is InChI=1S/C6H14N2O/c1-3-5(9)6(7)8-4-2/h5,9H,3-4H2,1-2H3,(H2,7,8). The molecule has 0 aromatic rings. The van der Waals surface area contributed by atoms with Gasteiger partial charge in [0.2, 0.25) is 0 Å². The lowest BCUT2D eigenvalue weighted by atomic mass is 10.2. The summed E-state index contributed by atoms with van der Waals surface area (Å²) in [5.41, 5.74) is 5.34. The molecule has 0 bridgehead atoms. The van der Waals surface area contributed by atoms with Crippen LogP contribution in [0.15, 0.2) is 4.99 Å². The van der Waals surface area contributed by atoms with Gasteiger partial charge in [0.05, 0.1) is 0 Å². The molecule has 0 rings (SSSR count). The van der Waals surface area contributed by atoms with Crippen molar-refractivity contribution in [2.45, 2.75) is 26.4 Å². The molecule has 0 aliphatic rings. The van der Waals surface area contributed by atoms with Gasteiger partial charge in [-0.1, -0.05) is 6.92 Å². The van der Waals surface area contributed by atoms with Gasteiger partial charge in [-0.15, -0.1) is 0 Å². The van der Waals surface area contributed by atoms with Gasteiger partial charge in [0, 0.05) is 6.54 Å². The van der Waals surface area contributed by atoms with Crippen molar-refractivity contribution in [3.8, 4) is 0 Å². The van der Waals surface area contributed by atoms with Gasteiger partial charge < -0.3 is 10.8 Å². The van der Waals surface area contributed by atoms with Crippen LogP contribution in [0.5, 0.6) is 0 Å². The van der Waals surface area contributed by atoms with Crippen LogP contribution in [0.1, 0.15) is 20.3 Å². The lowest BCUT2D eigenvalue weighted by molar-refractivity contribution is 0.235. The molecule has 0 saturated carbocycles. The van der Waals surface area contributed by atoms with Crippen LogP contribution in [0.25, 0.3) is 0 Å². The Labute approximate surface area is 55.6 Å². The Bertz CT molecular complexity index is 101. The highest BCUT2D eigenvalue weighted by molar-refractivity contribution is 5.84. The molecule has 0 saturated heterocycles. The third-order valence-electron chi connectivity index (χ3n) is 1.07. The van der Waals surface area contributed by atoms with Crippen LogP contribution in [0.4, 0.5) is 0 Å². The number of amidine groups is 1. The largest absolute Gasteiger partial charge is 0.385 e. The summed E-state index contributed by atoms with van der Waals surface area (Å²) in [5, 5.41) is 9.00. The minimum absolute atomic E-state index is 0.347. The summed E-state index contributed by atoms with van der Waals surface area (Å²) in [6.07, 6.45) is 0.0833. The zero-order valence-corrected chi connectivity index (χ0v) is 5.96. The molecule has 0 aliphatic carbocycles. The number of hydrogen-bond acceptors (Lipinski definition) is 2. The molecule has 0 heterocycles. The van der Waals surface area contributed by atoms with Crippen LogP contribution in [0.3, 0.4) is 0 Å². The zero-order valence-electron chi connectivity index (χ0n) is 5.96. The van der Waals surface area contributed by atoms with Crippen LogP contribution in [0.2, 0.25) is 0 Å². The summed E-state index contributed by atoms with van der Waals surface area (Å²) >= 11 is 0. The zero-order chi connectivity index (χ0) is 7.28. The van der Waals surface area contributed by atoms with Gasteiger partial charge in [-0.2, -0.15) is 0 Å². The van der Waals surface area contributed by atoms with E-state index in [0.717, 1.165) is 0 Å². The minimum atomic E-state index is -0.551. The number of rotatable bonds is 3. The molecule has 0 radical (unpaired) electrons. The molecule has 0 aliphatic heterocycles. The highest BCUT2D eigenvalue weighted by atomic mass is 16.3. The van der Waals surface area contributed by atoms with Gasteiger partial charge in [0.1, 0.15) is 11.9 Å². The maximum absolute atomic E-state index is 9.00. The Hall–Kier alpha value is -0.570. The lowest BCUT2D eigenvalue weighted by Crippen LogP contribution is -2.28. The van der Waals surface area contributed by atoms with E-state index < -0.39 is 6.10 Å². The molecule has 0 amide bonds. The summed E-state index contributed by atoms with van der Waals surface area (Å²) in [7, 11) is 0. The number of aliphatic hydroxyl groups excluding tert-OH is 1. The van der Waals surface area contributed by atoms with E-state index in [1.807, 2.05) is 13.8 Å². The molecule has 54 valence electrons. The average molecular weight is 130 g/mol. The third kappa shape index (κ3) is 3.08. The van der Waals surface area contributed by atoms with Crippen molar-refractivity contribution in [3.63, 3.8) is 0 Å². The highest BCUT2D eigenvalue weighted by Gasteiger charge is 2.02. The number of nitrogens with zero attached hydrogens (tertiary/aromatic N) is 1. The number of aliphatic hydroxyl groups is 1. The van der Waals surface area contributed by atoms with Gasteiger partial charge in [-0.05, 0) is 13.3 Å². The van der Waals surface area contributed by atoms with Crippen LogP contribution in [0, 0.1) is 0 Å². The Morgan fingerprint density at radius 3 is 2.56 bits per heavy atom. The number of aliphatic imine (C=N–C) groups is 1. The van der Waals surface area contributed by atoms with Gasteiger partial charge in [0.15, 0.2) is 0 Å². The number of nitrogens with two attached hydrogens (primary N) is 1. The van der Waals surface area contributed by atoms with Crippen molar-refractivity contribution in [2.75, 3.05) is 6.54 Å². The van der Waals surface area contributed by atoms with Gasteiger partial charge >= 0.3 is 0 Å². The summed E-state index contributed by atoms with van der Waals surface area (Å²) in [6, 6.07) is 0. The first kappa shape index (κ1) is 8.43. The fourth-order valence-electron chi connectivity index (χ4n) is 0.497. The fourth-order valence-corrected chi connectivity index (χ4v) is 0.497. The minimum Gasteiger partial charge on any atom is -0.385 e. The summed E-state index contributed by atoms with van der Waals surface area (Å²) in [4.78, 5) is 3.84. The van der Waals surface area contributed by atoms with Crippen molar-refractivity contribution in [1.29, 1.82) is 0 Å². The van der Waals surface area contributed by atoms with Crippen molar-refractivity contribution in [3.05, 3.63) is 0 Å². The van der Waals surface area contributed by atoms with E-state index in [2.05, 4.69) is 4.99 Å². The first-order chi connectivity index (χ1) is 4.22. The smallest absolute Gasteiger partial charge is 0.123 e. The molecule has 0 aromatic heterocycles. The predicted octanol–water partition coefficient (Wildman–Crippen LogP) is 0.134. The van der Waals surface area contributed by atoms with Crippen molar-refractivity contribution in [1.82, 2.24) is 0 Å². The van der Waals surface area contributed by atoms with E-state index in [1.54, 1.807) is 0 Å². The Morgan fingerprint density at radius 2 is 2.22 bits per heavy atom. The third-order valence-corrected chi connectivity index (χ3v) is 1.07. The second-order valence-corrected chi connectivity index (χ2v) is 1.82. The van der Waals surface area contributed by atoms with Crippen molar-refractivity contribution in [2.24, 2.45) is 10.7 Å². The molecule has 0 aromatic carbocycles. The Balaban J connectivity index is 3.70. The van der Waals surface area contributed by atoms with E-state index in [4.69, 9.17) is 10.8 Å². The monoisotopic (exact) mass is 130 g/mol. The van der Waals surface area contributed by atoms with Gasteiger partial charge in [-0.3, -0.25) is 4.99 Å². The van der Waals surface area contributed by atoms with Crippen LogP contribution >= 0.6 is 0 Å². The normalized spacial score (nSPS) is 15.7. The second kappa shape index (κ2) is 4.32. The lowest BCUT2D eigenvalue weighted by Gasteiger charge is -2.04. The first-order valence-electron chi connectivity index (χ1n) is 3.20. The molecule has 0 fully saturated rings. The predicted molar refractivity (Wildman–Crippen MR) is 38.5 cm³/mol. The van der Waals surface area contributed by atoms with Gasteiger partial charge in [-0.25, -0.2) is 0 Å². The molecular weight excluding hydrogens is 116 g/mol. The molecule has 1 unspecified atom stereocenters. The van der Waals surface area contributed by atoms with E-state index >= 15 is 0 Å². The van der Waals surface area contributed by atoms with E-state index in [0.29, 0.717) is 18.8 Å². The van der Waals surface area contributed by atoms with E-state index in [-0.39, 0.29) is 0 Å². The molecular formula is C6H14N2O. The SMILES string of the molecule is CCN=C(N)C(O)CC. The van der Waals surface area contributed by atoms with Crippen molar-refractivity contribution >= 4 is 5.84 Å². The van der Waals surface area contributed by atoms with Crippen molar-refractivity contribution < 1.29 is 5.11 Å². The van der Waals surface area contributed by atoms with Crippen LogP contribution < -0.4 is 5.73 Å². The van der Waals surface area contributed by atoms with E-state index in [1.165, 1.54) is 0 Å². The summed E-state index contributed by atoms with van der Waals surface area (Å²) in [5.74, 6) is 0.347.